The van der Waals surface area contributed by atoms with E-state index in [0.29, 0.717) is 0 Å². The second kappa shape index (κ2) is 5.34. The molecule has 1 nitrogen and oxygen atoms in total. The minimum atomic E-state index is 0.0727. The van der Waals surface area contributed by atoms with Gasteiger partial charge in [0.25, 0.3) is 0 Å². The summed E-state index contributed by atoms with van der Waals surface area (Å²) >= 11 is 5.31. The van der Waals surface area contributed by atoms with Crippen LogP contribution >= 0.6 is 27.3 Å². The molecule has 1 heterocycles. The van der Waals surface area contributed by atoms with Crippen LogP contribution in [0.4, 0.5) is 0 Å². The summed E-state index contributed by atoms with van der Waals surface area (Å²) in [4.78, 5) is 1.32. The average Bonchev–Trinajstić information content (AvgIpc) is 2.63. The van der Waals surface area contributed by atoms with Gasteiger partial charge >= 0.3 is 0 Å². The molecular weight excluding hydrogens is 294 g/mol. The summed E-state index contributed by atoms with van der Waals surface area (Å²) < 4.78 is 1.17. The van der Waals surface area contributed by atoms with E-state index in [9.17, 15) is 0 Å². The summed E-state index contributed by atoms with van der Waals surface area (Å²) in [6, 6.07) is 8.69. The quantitative estimate of drug-likeness (QED) is 0.895. The number of halogens is 1. The Hall–Kier alpha value is -0.640. The van der Waals surface area contributed by atoms with Crippen LogP contribution in [0, 0.1) is 13.8 Å². The summed E-state index contributed by atoms with van der Waals surface area (Å²) in [5.41, 5.74) is 10.1. The van der Waals surface area contributed by atoms with E-state index >= 15 is 0 Å². The van der Waals surface area contributed by atoms with Crippen molar-refractivity contribution in [3.63, 3.8) is 0 Å². The maximum atomic E-state index is 6.28. The van der Waals surface area contributed by atoms with E-state index in [-0.39, 0.29) is 6.04 Å². The number of nitrogens with two attached hydrogens (primary N) is 1. The van der Waals surface area contributed by atoms with E-state index in [1.165, 1.54) is 26.0 Å². The van der Waals surface area contributed by atoms with Gasteiger partial charge in [-0.3, -0.25) is 0 Å². The molecule has 2 rings (SSSR count). The van der Waals surface area contributed by atoms with Gasteiger partial charge in [0.1, 0.15) is 0 Å². The van der Waals surface area contributed by atoms with Gasteiger partial charge in [-0.05, 0) is 46.8 Å². The van der Waals surface area contributed by atoms with Crippen molar-refractivity contribution in [2.45, 2.75) is 26.3 Å². The number of hydrogen-bond acceptors (Lipinski definition) is 2. The fourth-order valence-electron chi connectivity index (χ4n) is 2.01. The van der Waals surface area contributed by atoms with Crippen LogP contribution in [0.5, 0.6) is 0 Å². The molecule has 2 N–H and O–H groups in total. The summed E-state index contributed by atoms with van der Waals surface area (Å²) in [7, 11) is 0. The highest BCUT2D eigenvalue weighted by Crippen LogP contribution is 2.27. The van der Waals surface area contributed by atoms with Crippen LogP contribution in [0.3, 0.4) is 0 Å². The molecule has 0 aliphatic carbocycles. The Bertz CT molecular complexity index is 498. The smallest absolute Gasteiger partial charge is 0.0344 e. The minimum absolute atomic E-state index is 0.0727. The third-order valence-corrected chi connectivity index (χ3v) is 4.72. The average molecular weight is 310 g/mol. The molecule has 0 bridgehead atoms. The van der Waals surface area contributed by atoms with Gasteiger partial charge in [0.05, 0.1) is 0 Å². The predicted octanol–water partition coefficient (Wildman–Crippen LogP) is 4.37. The minimum Gasteiger partial charge on any atom is -0.324 e. The molecule has 0 spiro atoms. The Morgan fingerprint density at radius 1 is 1.24 bits per heavy atom. The molecule has 1 aromatic carbocycles. The molecule has 0 saturated carbocycles. The molecule has 1 unspecified atom stereocenters. The monoisotopic (exact) mass is 309 g/mol. The van der Waals surface area contributed by atoms with E-state index < -0.39 is 0 Å². The molecule has 0 aliphatic rings. The molecule has 0 radical (unpaired) electrons. The summed E-state index contributed by atoms with van der Waals surface area (Å²) in [5.74, 6) is 0. The number of aryl methyl sites for hydroxylation is 2. The Kier molecular flexibility index (Phi) is 4.02. The van der Waals surface area contributed by atoms with Crippen molar-refractivity contribution >= 4 is 27.3 Å². The fourth-order valence-corrected chi connectivity index (χ4v) is 3.59. The van der Waals surface area contributed by atoms with Crippen LogP contribution in [0.25, 0.3) is 0 Å². The molecule has 3 heteroatoms. The van der Waals surface area contributed by atoms with Crippen molar-refractivity contribution in [2.75, 3.05) is 0 Å². The van der Waals surface area contributed by atoms with Crippen LogP contribution < -0.4 is 5.73 Å². The first-order valence-corrected chi connectivity index (χ1v) is 7.29. The largest absolute Gasteiger partial charge is 0.324 e. The maximum Gasteiger partial charge on any atom is 0.0344 e. The lowest BCUT2D eigenvalue weighted by Crippen LogP contribution is -2.13. The van der Waals surface area contributed by atoms with Gasteiger partial charge in [-0.25, -0.2) is 0 Å². The van der Waals surface area contributed by atoms with Crippen molar-refractivity contribution in [2.24, 2.45) is 5.73 Å². The second-order valence-corrected chi connectivity index (χ2v) is 6.28. The highest BCUT2D eigenvalue weighted by atomic mass is 79.9. The molecule has 0 amide bonds. The fraction of sp³-hybridized carbons (Fsp3) is 0.286. The first-order chi connectivity index (χ1) is 8.06. The maximum absolute atomic E-state index is 6.28. The third kappa shape index (κ3) is 3.18. The number of hydrogen-bond donors (Lipinski definition) is 1. The lowest BCUT2D eigenvalue weighted by molar-refractivity contribution is 0.727. The molecule has 1 aromatic heterocycles. The van der Waals surface area contributed by atoms with E-state index in [1.807, 2.05) is 0 Å². The van der Waals surface area contributed by atoms with E-state index in [4.69, 9.17) is 5.73 Å². The van der Waals surface area contributed by atoms with Crippen molar-refractivity contribution in [1.29, 1.82) is 0 Å². The van der Waals surface area contributed by atoms with Gasteiger partial charge in [-0.2, -0.15) is 0 Å². The van der Waals surface area contributed by atoms with Crippen LogP contribution in [0.15, 0.2) is 34.1 Å². The van der Waals surface area contributed by atoms with Crippen LogP contribution in [-0.4, -0.2) is 0 Å². The predicted molar refractivity (Wildman–Crippen MR) is 78.6 cm³/mol. The van der Waals surface area contributed by atoms with E-state index in [0.717, 1.165) is 6.42 Å². The zero-order chi connectivity index (χ0) is 12.4. The lowest BCUT2D eigenvalue weighted by Gasteiger charge is -2.13. The third-order valence-electron chi connectivity index (χ3n) is 2.77. The molecule has 1 atom stereocenters. The summed E-state index contributed by atoms with van der Waals surface area (Å²) in [5, 5.41) is 2.09. The molecule has 0 saturated heterocycles. The van der Waals surface area contributed by atoms with Gasteiger partial charge in [0, 0.05) is 21.8 Å². The van der Waals surface area contributed by atoms with Gasteiger partial charge in [-0.1, -0.05) is 29.3 Å². The normalized spacial score (nSPS) is 12.7. The zero-order valence-electron chi connectivity index (χ0n) is 10.0. The van der Waals surface area contributed by atoms with Gasteiger partial charge in [0.15, 0.2) is 0 Å². The zero-order valence-corrected chi connectivity index (χ0v) is 12.4. The highest BCUT2D eigenvalue weighted by Gasteiger charge is 2.11. The molecule has 0 fully saturated rings. The molecular formula is C14H16BrNS. The first kappa shape index (κ1) is 12.8. The Morgan fingerprint density at radius 3 is 2.41 bits per heavy atom. The first-order valence-electron chi connectivity index (χ1n) is 5.62. The second-order valence-electron chi connectivity index (χ2n) is 4.42. The highest BCUT2D eigenvalue weighted by molar-refractivity contribution is 9.10. The lowest BCUT2D eigenvalue weighted by atomic mass is 9.99. The number of benzene rings is 1. The standard InChI is InChI=1S/C14H16BrNS/c1-9-5-10(2)7-11(6-9)13(16)8-14-12(15)3-4-17-14/h3-7,13H,8,16H2,1-2H3. The SMILES string of the molecule is Cc1cc(C)cc(C(N)Cc2sccc2Br)c1. The molecule has 2 aromatic rings. The van der Waals surface area contributed by atoms with Crippen molar-refractivity contribution in [1.82, 2.24) is 0 Å². The molecule has 90 valence electrons. The summed E-state index contributed by atoms with van der Waals surface area (Å²) in [6.07, 6.45) is 0.890. The van der Waals surface area contributed by atoms with Crippen molar-refractivity contribution in [3.8, 4) is 0 Å². The summed E-state index contributed by atoms with van der Waals surface area (Å²) in [6.45, 7) is 4.23. The van der Waals surface area contributed by atoms with Gasteiger partial charge in [0.2, 0.25) is 0 Å². The number of rotatable bonds is 3. The van der Waals surface area contributed by atoms with Gasteiger partial charge in [-0.15, -0.1) is 11.3 Å². The van der Waals surface area contributed by atoms with Crippen LogP contribution in [0.1, 0.15) is 27.6 Å². The van der Waals surface area contributed by atoms with E-state index in [1.54, 1.807) is 11.3 Å². The van der Waals surface area contributed by atoms with Crippen LogP contribution in [0.2, 0.25) is 0 Å². The van der Waals surface area contributed by atoms with Crippen molar-refractivity contribution < 1.29 is 0 Å². The number of thiophene rings is 1. The van der Waals surface area contributed by atoms with Crippen molar-refractivity contribution in [3.05, 3.63) is 55.7 Å². The topological polar surface area (TPSA) is 26.0 Å². The van der Waals surface area contributed by atoms with Gasteiger partial charge < -0.3 is 5.73 Å². The Labute approximate surface area is 115 Å². The Balaban J connectivity index is 2.20. The van der Waals surface area contributed by atoms with Crippen LogP contribution in [-0.2, 0) is 6.42 Å². The Morgan fingerprint density at radius 2 is 1.88 bits per heavy atom. The molecule has 0 aliphatic heterocycles. The van der Waals surface area contributed by atoms with E-state index in [2.05, 4.69) is 59.4 Å². The molecule has 17 heavy (non-hydrogen) atoms.